The molecule has 160 valence electrons. The summed E-state index contributed by atoms with van der Waals surface area (Å²) in [5.74, 6) is -0.135. The van der Waals surface area contributed by atoms with Crippen molar-refractivity contribution < 1.29 is 17.2 Å². The summed E-state index contributed by atoms with van der Waals surface area (Å²) in [5.41, 5.74) is 0.941. The van der Waals surface area contributed by atoms with Gasteiger partial charge in [-0.3, -0.25) is 0 Å². The summed E-state index contributed by atoms with van der Waals surface area (Å²) < 4.78 is 54.4. The number of benzene rings is 1. The molecule has 0 bridgehead atoms. The second-order valence-electron chi connectivity index (χ2n) is 7.17. The van der Waals surface area contributed by atoms with E-state index in [1.54, 1.807) is 42.6 Å². The molecule has 0 amide bonds. The van der Waals surface area contributed by atoms with Gasteiger partial charge in [-0.2, -0.15) is 4.31 Å². The zero-order chi connectivity index (χ0) is 21.6. The highest BCUT2D eigenvalue weighted by Gasteiger charge is 2.32. The van der Waals surface area contributed by atoms with Crippen LogP contribution < -0.4 is 4.90 Å². The van der Waals surface area contributed by atoms with E-state index in [1.807, 2.05) is 4.90 Å². The molecule has 1 N–H and O–H groups in total. The third-order valence-corrected chi connectivity index (χ3v) is 7.30. The van der Waals surface area contributed by atoms with E-state index in [1.165, 1.54) is 10.5 Å². The van der Waals surface area contributed by atoms with E-state index >= 15 is 0 Å². The molecule has 1 aromatic carbocycles. The summed E-state index contributed by atoms with van der Waals surface area (Å²) in [4.78, 5) is 17.1. The maximum atomic E-state index is 13.3. The lowest BCUT2D eigenvalue weighted by Gasteiger charge is -2.35. The zero-order valence-corrected chi connectivity index (χ0v) is 17.1. The van der Waals surface area contributed by atoms with E-state index in [0.29, 0.717) is 40.8 Å². The number of fused-ring (bicyclic) bond motifs is 2. The molecule has 5 rings (SSSR count). The van der Waals surface area contributed by atoms with Crippen LogP contribution in [0.15, 0.2) is 53.7 Å². The Bertz CT molecular complexity index is 1370. The number of pyridine rings is 1. The Kier molecular flexibility index (Phi) is 4.78. The zero-order valence-electron chi connectivity index (χ0n) is 16.2. The molecule has 1 saturated heterocycles. The lowest BCUT2D eigenvalue weighted by molar-refractivity contribution is 0.141. The SMILES string of the molecule is O=S(=O)(c1c[nH]c2ncccc12)N1CCN(c2nc(C(F)F)nc3ccccc23)CC1. The Hall–Kier alpha value is -3.18. The summed E-state index contributed by atoms with van der Waals surface area (Å²) in [6.07, 6.45) is 0.250. The van der Waals surface area contributed by atoms with Gasteiger partial charge in [0.15, 0.2) is 5.82 Å². The van der Waals surface area contributed by atoms with Crippen molar-refractivity contribution in [2.45, 2.75) is 11.3 Å². The van der Waals surface area contributed by atoms with E-state index < -0.39 is 22.3 Å². The van der Waals surface area contributed by atoms with Crippen LogP contribution in [-0.2, 0) is 10.0 Å². The van der Waals surface area contributed by atoms with Gasteiger partial charge in [-0.25, -0.2) is 32.2 Å². The van der Waals surface area contributed by atoms with E-state index in [-0.39, 0.29) is 18.0 Å². The number of alkyl halides is 2. The molecule has 4 heterocycles. The van der Waals surface area contributed by atoms with Gasteiger partial charge in [-0.1, -0.05) is 12.1 Å². The summed E-state index contributed by atoms with van der Waals surface area (Å²) in [7, 11) is -3.73. The second kappa shape index (κ2) is 7.50. The molecule has 0 saturated carbocycles. The number of aromatic nitrogens is 4. The van der Waals surface area contributed by atoms with Crippen molar-refractivity contribution in [1.29, 1.82) is 0 Å². The van der Waals surface area contributed by atoms with Crippen LogP contribution in [0.4, 0.5) is 14.6 Å². The van der Waals surface area contributed by atoms with Crippen molar-refractivity contribution in [2.24, 2.45) is 0 Å². The standard InChI is InChI=1S/C20H18F2N6O2S/c21-17(22)19-25-15-6-2-1-4-13(15)20(26-19)27-8-10-28(11-9-27)31(29,30)16-12-24-18-14(16)5-3-7-23-18/h1-7,12,17H,8-11H2,(H,23,24). The molecule has 0 spiro atoms. The molecule has 11 heteroatoms. The minimum absolute atomic E-state index is 0.177. The number of nitrogens with one attached hydrogen (secondary N) is 1. The largest absolute Gasteiger partial charge is 0.353 e. The minimum Gasteiger partial charge on any atom is -0.353 e. The highest BCUT2D eigenvalue weighted by molar-refractivity contribution is 7.89. The Morgan fingerprint density at radius 1 is 0.968 bits per heavy atom. The van der Waals surface area contributed by atoms with Crippen LogP contribution in [0.2, 0.25) is 0 Å². The predicted molar refractivity (Wildman–Crippen MR) is 112 cm³/mol. The van der Waals surface area contributed by atoms with Gasteiger partial charge >= 0.3 is 0 Å². The summed E-state index contributed by atoms with van der Waals surface area (Å²) >= 11 is 0. The number of halogens is 2. The number of para-hydroxylation sites is 1. The first-order valence-corrected chi connectivity index (χ1v) is 11.1. The minimum atomic E-state index is -3.73. The van der Waals surface area contributed by atoms with Crippen molar-refractivity contribution in [3.8, 4) is 0 Å². The number of H-pyrrole nitrogens is 1. The molecule has 31 heavy (non-hydrogen) atoms. The van der Waals surface area contributed by atoms with Crippen molar-refractivity contribution >= 4 is 37.8 Å². The van der Waals surface area contributed by atoms with Crippen molar-refractivity contribution in [3.05, 3.63) is 54.6 Å². The molecular weight excluding hydrogens is 426 g/mol. The summed E-state index contributed by atoms with van der Waals surface area (Å²) in [6.45, 7) is 1.06. The normalized spacial score (nSPS) is 15.9. The lowest BCUT2D eigenvalue weighted by atomic mass is 10.2. The third kappa shape index (κ3) is 3.39. The maximum Gasteiger partial charge on any atom is 0.297 e. The van der Waals surface area contributed by atoms with Crippen LogP contribution in [0.5, 0.6) is 0 Å². The number of nitrogens with zero attached hydrogens (tertiary/aromatic N) is 5. The van der Waals surface area contributed by atoms with E-state index in [0.717, 1.165) is 0 Å². The molecule has 0 unspecified atom stereocenters. The van der Waals surface area contributed by atoms with E-state index in [4.69, 9.17) is 0 Å². The molecule has 0 radical (unpaired) electrons. The first-order valence-electron chi connectivity index (χ1n) is 9.67. The number of hydrogen-bond acceptors (Lipinski definition) is 6. The number of hydrogen-bond donors (Lipinski definition) is 1. The van der Waals surface area contributed by atoms with Gasteiger partial charge in [0.2, 0.25) is 10.0 Å². The monoisotopic (exact) mass is 444 g/mol. The Balaban J connectivity index is 1.43. The van der Waals surface area contributed by atoms with E-state index in [2.05, 4.69) is 19.9 Å². The highest BCUT2D eigenvalue weighted by Crippen LogP contribution is 2.30. The number of sulfonamides is 1. The first kappa shape index (κ1) is 19.8. The van der Waals surface area contributed by atoms with Gasteiger partial charge in [-0.05, 0) is 24.3 Å². The van der Waals surface area contributed by atoms with Crippen LogP contribution in [-0.4, -0.2) is 58.8 Å². The first-order chi connectivity index (χ1) is 14.9. The number of rotatable bonds is 4. The van der Waals surface area contributed by atoms with E-state index in [9.17, 15) is 17.2 Å². The predicted octanol–water partition coefficient (Wildman–Crippen LogP) is 2.95. The quantitative estimate of drug-likeness (QED) is 0.520. The number of piperazine rings is 1. The average molecular weight is 444 g/mol. The van der Waals surface area contributed by atoms with Gasteiger partial charge in [0.1, 0.15) is 16.4 Å². The van der Waals surface area contributed by atoms with Crippen LogP contribution in [0.3, 0.4) is 0 Å². The average Bonchev–Trinajstić information content (AvgIpc) is 3.23. The van der Waals surface area contributed by atoms with Crippen molar-refractivity contribution in [3.63, 3.8) is 0 Å². The molecule has 4 aromatic rings. The smallest absolute Gasteiger partial charge is 0.297 e. The molecular formula is C20H18F2N6O2S. The van der Waals surface area contributed by atoms with Crippen LogP contribution in [0.1, 0.15) is 12.2 Å². The molecule has 1 aliphatic heterocycles. The second-order valence-corrected chi connectivity index (χ2v) is 9.07. The molecule has 0 atom stereocenters. The maximum absolute atomic E-state index is 13.3. The fourth-order valence-corrected chi connectivity index (χ4v) is 5.41. The molecule has 1 aliphatic rings. The Labute approximate surface area is 176 Å². The van der Waals surface area contributed by atoms with Crippen LogP contribution in [0, 0.1) is 0 Å². The molecule has 3 aromatic heterocycles. The Morgan fingerprint density at radius 2 is 1.71 bits per heavy atom. The number of anilines is 1. The fourth-order valence-electron chi connectivity index (χ4n) is 3.84. The van der Waals surface area contributed by atoms with Crippen LogP contribution in [0.25, 0.3) is 21.9 Å². The molecule has 8 nitrogen and oxygen atoms in total. The fraction of sp³-hybridized carbons (Fsp3) is 0.250. The topological polar surface area (TPSA) is 95.1 Å². The molecule has 0 aliphatic carbocycles. The van der Waals surface area contributed by atoms with Gasteiger partial charge in [0, 0.05) is 49.3 Å². The molecule has 1 fully saturated rings. The van der Waals surface area contributed by atoms with Gasteiger partial charge < -0.3 is 9.88 Å². The summed E-state index contributed by atoms with van der Waals surface area (Å²) in [6, 6.07) is 10.4. The number of aromatic amines is 1. The van der Waals surface area contributed by atoms with Gasteiger partial charge in [-0.15, -0.1) is 0 Å². The van der Waals surface area contributed by atoms with Gasteiger partial charge in [0.05, 0.1) is 5.52 Å². The highest BCUT2D eigenvalue weighted by atomic mass is 32.2. The van der Waals surface area contributed by atoms with Crippen molar-refractivity contribution in [1.82, 2.24) is 24.2 Å². The Morgan fingerprint density at radius 3 is 2.48 bits per heavy atom. The third-order valence-electron chi connectivity index (χ3n) is 5.36. The summed E-state index contributed by atoms with van der Waals surface area (Å²) in [5, 5.41) is 1.19. The van der Waals surface area contributed by atoms with Crippen molar-refractivity contribution in [2.75, 3.05) is 31.1 Å². The van der Waals surface area contributed by atoms with Gasteiger partial charge in [0.25, 0.3) is 6.43 Å². The lowest BCUT2D eigenvalue weighted by Crippen LogP contribution is -2.49. The van der Waals surface area contributed by atoms with Crippen LogP contribution >= 0.6 is 0 Å².